The molecule has 66 valence electrons. The zero-order chi connectivity index (χ0) is 8.81. The lowest BCUT2D eigenvalue weighted by molar-refractivity contribution is 1.10. The highest BCUT2D eigenvalue weighted by Crippen LogP contribution is 2.11. The molecule has 0 saturated carbocycles. The number of rotatable bonds is 4. The molecule has 0 fully saturated rings. The molecule has 0 bridgehead atoms. The van der Waals surface area contributed by atoms with Gasteiger partial charge in [0.25, 0.3) is 0 Å². The fourth-order valence-corrected chi connectivity index (χ4v) is 1.99. The van der Waals surface area contributed by atoms with Crippen LogP contribution in [-0.4, -0.2) is 5.33 Å². The van der Waals surface area contributed by atoms with Crippen LogP contribution in [0.1, 0.15) is 18.9 Å². The molecule has 0 aliphatic heterocycles. The number of thiophene rings is 1. The number of allylic oxidation sites excluding steroid dienone is 2. The van der Waals surface area contributed by atoms with Gasteiger partial charge in [-0.1, -0.05) is 27.6 Å². The van der Waals surface area contributed by atoms with Crippen molar-refractivity contribution in [1.82, 2.24) is 0 Å². The Bertz CT molecular complexity index is 236. The van der Waals surface area contributed by atoms with E-state index >= 15 is 0 Å². The third kappa shape index (κ3) is 3.55. The van der Waals surface area contributed by atoms with Crippen molar-refractivity contribution in [2.24, 2.45) is 0 Å². The molecule has 0 aliphatic carbocycles. The topological polar surface area (TPSA) is 0 Å². The molecule has 0 radical (unpaired) electrons. The molecule has 2 heteroatoms. The Morgan fingerprint density at radius 3 is 3.08 bits per heavy atom. The van der Waals surface area contributed by atoms with Gasteiger partial charge in [0.15, 0.2) is 0 Å². The molecule has 1 aromatic heterocycles. The van der Waals surface area contributed by atoms with Gasteiger partial charge in [0.1, 0.15) is 0 Å². The van der Waals surface area contributed by atoms with E-state index < -0.39 is 0 Å². The van der Waals surface area contributed by atoms with Crippen molar-refractivity contribution in [1.29, 1.82) is 0 Å². The molecule has 0 aliphatic rings. The molecular formula is C10H13BrS. The van der Waals surface area contributed by atoms with Crippen LogP contribution in [0.3, 0.4) is 0 Å². The van der Waals surface area contributed by atoms with Crippen molar-refractivity contribution in [3.05, 3.63) is 34.0 Å². The van der Waals surface area contributed by atoms with E-state index in [2.05, 4.69) is 45.8 Å². The van der Waals surface area contributed by atoms with Crippen LogP contribution in [0.5, 0.6) is 0 Å². The zero-order valence-corrected chi connectivity index (χ0v) is 9.62. The van der Waals surface area contributed by atoms with Gasteiger partial charge in [0.2, 0.25) is 0 Å². The molecule has 0 aromatic carbocycles. The Morgan fingerprint density at radius 2 is 2.50 bits per heavy atom. The standard InChI is InChI=1S/C10H13BrS/c1-9(3-2-5-11)7-10-4-6-12-8-10/h3-4,6,8H,2,5,7H2,1H3. The minimum atomic E-state index is 1.06. The van der Waals surface area contributed by atoms with Gasteiger partial charge in [-0.2, -0.15) is 11.3 Å². The van der Waals surface area contributed by atoms with Crippen molar-refractivity contribution in [2.75, 3.05) is 5.33 Å². The van der Waals surface area contributed by atoms with E-state index in [0.717, 1.165) is 18.2 Å². The molecule has 0 N–H and O–H groups in total. The van der Waals surface area contributed by atoms with Crippen LogP contribution in [0.2, 0.25) is 0 Å². The molecule has 0 atom stereocenters. The summed E-state index contributed by atoms with van der Waals surface area (Å²) in [5.41, 5.74) is 2.90. The van der Waals surface area contributed by atoms with Crippen LogP contribution in [0.4, 0.5) is 0 Å². The maximum atomic E-state index is 3.41. The smallest absolute Gasteiger partial charge is 0.00660 e. The Labute approximate surface area is 86.4 Å². The van der Waals surface area contributed by atoms with E-state index in [9.17, 15) is 0 Å². The van der Waals surface area contributed by atoms with E-state index in [1.807, 2.05) is 0 Å². The van der Waals surface area contributed by atoms with Gasteiger partial charge in [-0.3, -0.25) is 0 Å². The third-order valence-electron chi connectivity index (χ3n) is 1.66. The average Bonchev–Trinajstić information content (AvgIpc) is 2.53. The van der Waals surface area contributed by atoms with Gasteiger partial charge >= 0.3 is 0 Å². The molecule has 0 unspecified atom stereocenters. The highest BCUT2D eigenvalue weighted by atomic mass is 79.9. The Hall–Kier alpha value is -0.0800. The average molecular weight is 245 g/mol. The molecule has 0 nitrogen and oxygen atoms in total. The summed E-state index contributed by atoms with van der Waals surface area (Å²) in [6.07, 6.45) is 4.54. The summed E-state index contributed by atoms with van der Waals surface area (Å²) in [4.78, 5) is 0. The summed E-state index contributed by atoms with van der Waals surface area (Å²) in [6.45, 7) is 2.19. The fourth-order valence-electron chi connectivity index (χ4n) is 1.09. The predicted molar refractivity (Wildman–Crippen MR) is 60.2 cm³/mol. The largest absolute Gasteiger partial charge is 0.152 e. The third-order valence-corrected chi connectivity index (χ3v) is 2.85. The van der Waals surface area contributed by atoms with Crippen molar-refractivity contribution >= 4 is 27.3 Å². The number of hydrogen-bond acceptors (Lipinski definition) is 1. The second-order valence-electron chi connectivity index (χ2n) is 2.84. The first kappa shape index (κ1) is 10.0. The lowest BCUT2D eigenvalue weighted by Crippen LogP contribution is -1.83. The van der Waals surface area contributed by atoms with E-state index in [1.165, 1.54) is 11.1 Å². The quantitative estimate of drug-likeness (QED) is 0.555. The summed E-state index contributed by atoms with van der Waals surface area (Å²) in [5, 5.41) is 5.41. The first-order chi connectivity index (χ1) is 5.83. The van der Waals surface area contributed by atoms with Gasteiger partial charge < -0.3 is 0 Å². The molecule has 1 aromatic rings. The minimum absolute atomic E-state index is 1.06. The molecular weight excluding hydrogens is 232 g/mol. The SMILES string of the molecule is CC(=CCCBr)Cc1ccsc1. The summed E-state index contributed by atoms with van der Waals surface area (Å²) >= 11 is 5.18. The van der Waals surface area contributed by atoms with Crippen LogP contribution in [0.15, 0.2) is 28.5 Å². The van der Waals surface area contributed by atoms with E-state index in [-0.39, 0.29) is 0 Å². The molecule has 0 spiro atoms. The summed E-state index contributed by atoms with van der Waals surface area (Å²) in [7, 11) is 0. The Morgan fingerprint density at radius 1 is 1.67 bits per heavy atom. The van der Waals surface area contributed by atoms with E-state index in [1.54, 1.807) is 11.3 Å². The predicted octanol–water partition coefficient (Wildman–Crippen LogP) is 4.02. The Balaban J connectivity index is 2.41. The maximum absolute atomic E-state index is 3.41. The van der Waals surface area contributed by atoms with Gasteiger partial charge in [0.05, 0.1) is 0 Å². The number of halogens is 1. The van der Waals surface area contributed by atoms with Crippen molar-refractivity contribution in [3.63, 3.8) is 0 Å². The number of alkyl halides is 1. The Kier molecular flexibility index (Phi) is 4.62. The van der Waals surface area contributed by atoms with Crippen LogP contribution < -0.4 is 0 Å². The minimum Gasteiger partial charge on any atom is -0.152 e. The highest BCUT2D eigenvalue weighted by Gasteiger charge is 1.93. The molecule has 1 heterocycles. The highest BCUT2D eigenvalue weighted by molar-refractivity contribution is 9.09. The van der Waals surface area contributed by atoms with Crippen LogP contribution >= 0.6 is 27.3 Å². The van der Waals surface area contributed by atoms with Crippen molar-refractivity contribution < 1.29 is 0 Å². The van der Waals surface area contributed by atoms with Gasteiger partial charge in [-0.05, 0) is 42.2 Å². The summed E-state index contributed by atoms with van der Waals surface area (Å²) < 4.78 is 0. The van der Waals surface area contributed by atoms with Crippen LogP contribution in [-0.2, 0) is 6.42 Å². The second-order valence-corrected chi connectivity index (χ2v) is 4.41. The summed E-state index contributed by atoms with van der Waals surface area (Å²) in [6, 6.07) is 2.19. The molecule has 0 amide bonds. The number of hydrogen-bond donors (Lipinski definition) is 0. The normalized spacial score (nSPS) is 12.0. The first-order valence-corrected chi connectivity index (χ1v) is 6.12. The molecule has 12 heavy (non-hydrogen) atoms. The lowest BCUT2D eigenvalue weighted by Gasteiger charge is -1.97. The van der Waals surface area contributed by atoms with Crippen LogP contribution in [0, 0.1) is 0 Å². The summed E-state index contributed by atoms with van der Waals surface area (Å²) in [5.74, 6) is 0. The molecule has 0 saturated heterocycles. The van der Waals surface area contributed by atoms with Crippen molar-refractivity contribution in [2.45, 2.75) is 19.8 Å². The van der Waals surface area contributed by atoms with Gasteiger partial charge in [0, 0.05) is 5.33 Å². The first-order valence-electron chi connectivity index (χ1n) is 4.05. The van der Waals surface area contributed by atoms with Crippen LogP contribution in [0.25, 0.3) is 0 Å². The van der Waals surface area contributed by atoms with Gasteiger partial charge in [-0.25, -0.2) is 0 Å². The van der Waals surface area contributed by atoms with Crippen molar-refractivity contribution in [3.8, 4) is 0 Å². The zero-order valence-electron chi connectivity index (χ0n) is 7.22. The maximum Gasteiger partial charge on any atom is 0.00660 e. The van der Waals surface area contributed by atoms with E-state index in [0.29, 0.717) is 0 Å². The second kappa shape index (κ2) is 5.55. The van der Waals surface area contributed by atoms with E-state index in [4.69, 9.17) is 0 Å². The fraction of sp³-hybridized carbons (Fsp3) is 0.400. The van der Waals surface area contributed by atoms with Gasteiger partial charge in [-0.15, -0.1) is 0 Å². The lowest BCUT2D eigenvalue weighted by atomic mass is 10.1. The monoisotopic (exact) mass is 244 g/mol. The molecule has 1 rings (SSSR count).